The third-order valence-corrected chi connectivity index (χ3v) is 7.30. The second kappa shape index (κ2) is 9.74. The third-order valence-electron chi connectivity index (χ3n) is 7.30. The summed E-state index contributed by atoms with van der Waals surface area (Å²) < 4.78 is 2.18. The first-order valence-corrected chi connectivity index (χ1v) is 12.8. The molecule has 0 atom stereocenters. The van der Waals surface area contributed by atoms with Crippen LogP contribution in [0.1, 0.15) is 44.7 Å². The van der Waals surface area contributed by atoms with E-state index >= 15 is 0 Å². The van der Waals surface area contributed by atoms with E-state index in [2.05, 4.69) is 114 Å². The Hall–Kier alpha value is -3.31. The van der Waals surface area contributed by atoms with E-state index in [-0.39, 0.29) is 0 Å². The predicted molar refractivity (Wildman–Crippen MR) is 148 cm³/mol. The molecule has 1 aliphatic rings. The topological polar surface area (TPSA) is 35.8 Å². The van der Waals surface area contributed by atoms with Gasteiger partial charge in [-0.2, -0.15) is 0 Å². The molecule has 182 valence electrons. The number of nitrogens with one attached hydrogen (secondary N) is 1. The molecule has 0 radical (unpaired) electrons. The second-order valence-corrected chi connectivity index (χ2v) is 10.3. The molecule has 3 heterocycles. The molecule has 5 heteroatoms. The Morgan fingerprint density at radius 1 is 0.857 bits per heavy atom. The number of benzene rings is 2. The van der Waals surface area contributed by atoms with Gasteiger partial charge in [0.25, 0.3) is 0 Å². The largest absolute Gasteiger partial charge is 0.369 e. The van der Waals surface area contributed by atoms with Crippen LogP contribution in [0.25, 0.3) is 16.9 Å². The van der Waals surface area contributed by atoms with Crippen molar-refractivity contribution in [3.05, 3.63) is 78.1 Å². The van der Waals surface area contributed by atoms with Gasteiger partial charge in [-0.1, -0.05) is 26.0 Å². The average molecular weight is 468 g/mol. The maximum Gasteiger partial charge on any atom is 0.161 e. The van der Waals surface area contributed by atoms with Crippen molar-refractivity contribution in [2.24, 2.45) is 0 Å². The van der Waals surface area contributed by atoms with E-state index in [1.807, 2.05) is 12.4 Å². The molecule has 5 nitrogen and oxygen atoms in total. The molecule has 0 aliphatic carbocycles. The van der Waals surface area contributed by atoms with E-state index in [0.29, 0.717) is 12.0 Å². The first-order valence-electron chi connectivity index (χ1n) is 12.8. The standard InChI is InChI=1S/C30H37N5/c1-21(2)27-20-24(7-6-23(27)5)29-13-12-28(30-31-14-15-35(29)30)32-25-8-10-26(11-9-25)34-18-16-33(17-19-34)22(3)4/h6-15,20-22,32H,16-19H2,1-5H3. The van der Waals surface area contributed by atoms with E-state index in [4.69, 9.17) is 0 Å². The molecular weight excluding hydrogens is 430 g/mol. The quantitative estimate of drug-likeness (QED) is 0.342. The Morgan fingerprint density at radius 2 is 1.60 bits per heavy atom. The van der Waals surface area contributed by atoms with E-state index < -0.39 is 0 Å². The van der Waals surface area contributed by atoms with Gasteiger partial charge in [-0.05, 0) is 85.8 Å². The molecule has 2 aromatic carbocycles. The normalized spacial score (nSPS) is 14.9. The van der Waals surface area contributed by atoms with Gasteiger partial charge < -0.3 is 10.2 Å². The van der Waals surface area contributed by atoms with Crippen LogP contribution in [0.2, 0.25) is 0 Å². The molecule has 5 rings (SSSR count). The third kappa shape index (κ3) is 4.78. The molecule has 2 aromatic heterocycles. The van der Waals surface area contributed by atoms with Crippen molar-refractivity contribution in [2.75, 3.05) is 36.4 Å². The summed E-state index contributed by atoms with van der Waals surface area (Å²) in [5.74, 6) is 0.496. The van der Waals surface area contributed by atoms with Gasteiger partial charge in [0.05, 0.1) is 11.4 Å². The van der Waals surface area contributed by atoms with Gasteiger partial charge in [-0.25, -0.2) is 4.98 Å². The fraction of sp³-hybridized carbons (Fsp3) is 0.367. The summed E-state index contributed by atoms with van der Waals surface area (Å²) in [6.45, 7) is 15.7. The van der Waals surface area contributed by atoms with Crippen molar-refractivity contribution >= 4 is 22.7 Å². The highest BCUT2D eigenvalue weighted by Gasteiger charge is 2.19. The molecule has 0 spiro atoms. The van der Waals surface area contributed by atoms with Crippen LogP contribution >= 0.6 is 0 Å². The van der Waals surface area contributed by atoms with Crippen LogP contribution in [-0.2, 0) is 0 Å². The highest BCUT2D eigenvalue weighted by molar-refractivity contribution is 5.78. The van der Waals surface area contributed by atoms with Crippen LogP contribution in [0, 0.1) is 6.92 Å². The number of aromatic nitrogens is 2. The zero-order valence-electron chi connectivity index (χ0n) is 21.6. The minimum atomic E-state index is 0.496. The smallest absolute Gasteiger partial charge is 0.161 e. The minimum Gasteiger partial charge on any atom is -0.369 e. The van der Waals surface area contributed by atoms with Gasteiger partial charge in [-0.15, -0.1) is 0 Å². The lowest BCUT2D eigenvalue weighted by atomic mass is 9.95. The molecule has 1 N–H and O–H groups in total. The Balaban J connectivity index is 1.36. The molecule has 0 saturated carbocycles. The number of fused-ring (bicyclic) bond motifs is 1. The van der Waals surface area contributed by atoms with Crippen LogP contribution in [0.4, 0.5) is 17.1 Å². The van der Waals surface area contributed by atoms with Gasteiger partial charge in [0, 0.05) is 56.0 Å². The number of anilines is 3. The first kappa shape index (κ1) is 23.4. The SMILES string of the molecule is Cc1ccc(-c2ccc(Nc3ccc(N4CCN(C(C)C)CC4)cc3)c3nccn23)cc1C(C)C. The van der Waals surface area contributed by atoms with Crippen molar-refractivity contribution in [1.29, 1.82) is 0 Å². The summed E-state index contributed by atoms with van der Waals surface area (Å²) in [5.41, 5.74) is 9.41. The van der Waals surface area contributed by atoms with Gasteiger partial charge in [0.15, 0.2) is 5.65 Å². The van der Waals surface area contributed by atoms with Crippen LogP contribution in [0.15, 0.2) is 67.0 Å². The van der Waals surface area contributed by atoms with Crippen molar-refractivity contribution in [1.82, 2.24) is 14.3 Å². The lowest BCUT2D eigenvalue weighted by Gasteiger charge is -2.38. The molecule has 4 aromatic rings. The molecule has 0 unspecified atom stereocenters. The minimum absolute atomic E-state index is 0.496. The summed E-state index contributed by atoms with van der Waals surface area (Å²) in [6, 6.07) is 20.5. The van der Waals surface area contributed by atoms with Crippen LogP contribution in [0.5, 0.6) is 0 Å². The van der Waals surface area contributed by atoms with E-state index in [1.54, 1.807) is 0 Å². The van der Waals surface area contributed by atoms with Crippen molar-refractivity contribution in [3.8, 4) is 11.3 Å². The monoisotopic (exact) mass is 467 g/mol. The van der Waals surface area contributed by atoms with Crippen molar-refractivity contribution in [2.45, 2.75) is 46.6 Å². The highest BCUT2D eigenvalue weighted by Crippen LogP contribution is 2.31. The molecule has 0 bridgehead atoms. The van der Waals surface area contributed by atoms with Crippen molar-refractivity contribution in [3.63, 3.8) is 0 Å². The molecule has 0 amide bonds. The zero-order valence-corrected chi connectivity index (χ0v) is 21.6. The second-order valence-electron chi connectivity index (χ2n) is 10.3. The molecule has 1 saturated heterocycles. The summed E-state index contributed by atoms with van der Waals surface area (Å²) in [4.78, 5) is 9.71. The fourth-order valence-electron chi connectivity index (χ4n) is 5.18. The average Bonchev–Trinajstić information content (AvgIpc) is 3.36. The van der Waals surface area contributed by atoms with Crippen LogP contribution < -0.4 is 10.2 Å². The number of hydrogen-bond donors (Lipinski definition) is 1. The summed E-state index contributed by atoms with van der Waals surface area (Å²) in [5, 5.41) is 3.59. The van der Waals surface area contributed by atoms with Gasteiger partial charge >= 0.3 is 0 Å². The molecule has 1 aliphatic heterocycles. The van der Waals surface area contributed by atoms with E-state index in [9.17, 15) is 0 Å². The number of hydrogen-bond acceptors (Lipinski definition) is 4. The number of nitrogens with zero attached hydrogens (tertiary/aromatic N) is 4. The highest BCUT2D eigenvalue weighted by atomic mass is 15.3. The maximum absolute atomic E-state index is 4.68. The van der Waals surface area contributed by atoms with Gasteiger partial charge in [0.1, 0.15) is 0 Å². The Bertz CT molecular complexity index is 1290. The molecule has 35 heavy (non-hydrogen) atoms. The van der Waals surface area contributed by atoms with E-state index in [0.717, 1.165) is 48.9 Å². The number of aryl methyl sites for hydroxylation is 1. The molecule has 1 fully saturated rings. The van der Waals surface area contributed by atoms with Crippen molar-refractivity contribution < 1.29 is 0 Å². The van der Waals surface area contributed by atoms with Crippen LogP contribution in [0.3, 0.4) is 0 Å². The fourth-order valence-corrected chi connectivity index (χ4v) is 5.18. The lowest BCUT2D eigenvalue weighted by Crippen LogP contribution is -2.48. The van der Waals surface area contributed by atoms with E-state index in [1.165, 1.54) is 22.4 Å². The van der Waals surface area contributed by atoms with Crippen LogP contribution in [-0.4, -0.2) is 46.5 Å². The van der Waals surface area contributed by atoms with Gasteiger partial charge in [-0.3, -0.25) is 9.30 Å². The number of rotatable bonds is 6. The number of imidazole rings is 1. The summed E-state index contributed by atoms with van der Waals surface area (Å²) in [7, 11) is 0. The number of piperazine rings is 1. The zero-order chi connectivity index (χ0) is 24.5. The predicted octanol–water partition coefficient (Wildman–Crippen LogP) is 6.71. The Morgan fingerprint density at radius 3 is 2.29 bits per heavy atom. The Kier molecular flexibility index (Phi) is 6.52. The summed E-state index contributed by atoms with van der Waals surface area (Å²) in [6.07, 6.45) is 3.92. The molecular formula is C30H37N5. The first-order chi connectivity index (χ1) is 16.9. The van der Waals surface area contributed by atoms with Gasteiger partial charge in [0.2, 0.25) is 0 Å². The number of pyridine rings is 1. The Labute approximate surface area is 209 Å². The maximum atomic E-state index is 4.68. The lowest BCUT2D eigenvalue weighted by molar-refractivity contribution is 0.209. The summed E-state index contributed by atoms with van der Waals surface area (Å²) >= 11 is 0.